The fourth-order valence-corrected chi connectivity index (χ4v) is 3.65. The molecule has 0 bridgehead atoms. The Morgan fingerprint density at radius 1 is 0.478 bits per heavy atom. The molecule has 0 aliphatic carbocycles. The first-order valence-electron chi connectivity index (χ1n) is 10.9. The minimum absolute atomic E-state index is 0.712. The summed E-state index contributed by atoms with van der Waals surface area (Å²) in [6.45, 7) is 4.56. The average Bonchev–Trinajstić information content (AvgIpc) is 2.53. The zero-order chi connectivity index (χ0) is 17.0. The van der Waals surface area contributed by atoms with E-state index >= 15 is 0 Å². The van der Waals surface area contributed by atoms with Crippen LogP contribution in [0.2, 0.25) is 0 Å². The van der Waals surface area contributed by atoms with Crippen molar-refractivity contribution in [2.75, 3.05) is 0 Å². The maximum atomic E-state index is 3.62. The first kappa shape index (κ1) is 23.5. The molecular formula is C22H45Br. The highest BCUT2D eigenvalue weighted by Crippen LogP contribution is 2.15. The van der Waals surface area contributed by atoms with E-state index in [-0.39, 0.29) is 0 Å². The molecule has 0 saturated heterocycles. The predicted molar refractivity (Wildman–Crippen MR) is 112 cm³/mol. The number of halogens is 1. The van der Waals surface area contributed by atoms with Crippen LogP contribution in [-0.4, -0.2) is 4.83 Å². The summed E-state index contributed by atoms with van der Waals surface area (Å²) in [6, 6.07) is 0. The minimum atomic E-state index is 0.712. The third-order valence-corrected chi connectivity index (χ3v) is 5.41. The quantitative estimate of drug-likeness (QED) is 0.152. The Hall–Kier alpha value is 0.480. The van der Waals surface area contributed by atoms with Gasteiger partial charge in [-0.15, -0.1) is 0 Å². The van der Waals surface area contributed by atoms with Gasteiger partial charge in [-0.3, -0.25) is 0 Å². The molecule has 0 aliphatic rings. The number of hydrogen-bond donors (Lipinski definition) is 0. The van der Waals surface area contributed by atoms with Gasteiger partial charge in [0.05, 0.1) is 0 Å². The van der Waals surface area contributed by atoms with Crippen LogP contribution in [-0.2, 0) is 0 Å². The smallest absolute Gasteiger partial charge is 0.0117 e. The summed E-state index contributed by atoms with van der Waals surface area (Å²) in [4.78, 5) is 0.712. The zero-order valence-corrected chi connectivity index (χ0v) is 18.0. The van der Waals surface area contributed by atoms with E-state index in [1.165, 1.54) is 122 Å². The van der Waals surface area contributed by atoms with Gasteiger partial charge < -0.3 is 0 Å². The fourth-order valence-electron chi connectivity index (χ4n) is 3.33. The second kappa shape index (κ2) is 20.5. The summed E-state index contributed by atoms with van der Waals surface area (Å²) in [5, 5.41) is 0. The molecule has 0 amide bonds. The van der Waals surface area contributed by atoms with Gasteiger partial charge in [-0.25, -0.2) is 0 Å². The van der Waals surface area contributed by atoms with Crippen LogP contribution in [0.5, 0.6) is 0 Å². The molecule has 0 N–H and O–H groups in total. The highest BCUT2D eigenvalue weighted by atomic mass is 79.9. The SMILES string of the molecule is CCCCCCCCCCCCCCCCCCCCC(C)Br. The predicted octanol–water partition coefficient (Wildman–Crippen LogP) is 9.20. The topological polar surface area (TPSA) is 0 Å². The minimum Gasteiger partial charge on any atom is -0.0894 e. The Kier molecular flexibility index (Phi) is 21.0. The van der Waals surface area contributed by atoms with Crippen LogP contribution in [0.15, 0.2) is 0 Å². The zero-order valence-electron chi connectivity index (χ0n) is 16.4. The number of rotatable bonds is 19. The van der Waals surface area contributed by atoms with Crippen molar-refractivity contribution < 1.29 is 0 Å². The molecule has 0 aromatic heterocycles. The number of hydrogen-bond acceptors (Lipinski definition) is 0. The van der Waals surface area contributed by atoms with Crippen molar-refractivity contribution in [2.45, 2.75) is 141 Å². The Bertz CT molecular complexity index is 200. The monoisotopic (exact) mass is 388 g/mol. The van der Waals surface area contributed by atoms with Crippen molar-refractivity contribution in [3.63, 3.8) is 0 Å². The molecule has 0 nitrogen and oxygen atoms in total. The highest BCUT2D eigenvalue weighted by molar-refractivity contribution is 9.09. The van der Waals surface area contributed by atoms with Crippen molar-refractivity contribution >= 4 is 15.9 Å². The summed E-state index contributed by atoms with van der Waals surface area (Å²) in [5.41, 5.74) is 0. The van der Waals surface area contributed by atoms with E-state index in [9.17, 15) is 0 Å². The molecule has 0 spiro atoms. The van der Waals surface area contributed by atoms with Gasteiger partial charge in [0.15, 0.2) is 0 Å². The normalized spacial score (nSPS) is 12.7. The van der Waals surface area contributed by atoms with E-state index in [0.29, 0.717) is 4.83 Å². The van der Waals surface area contributed by atoms with Gasteiger partial charge in [-0.1, -0.05) is 145 Å². The number of alkyl halides is 1. The molecule has 0 rings (SSSR count). The van der Waals surface area contributed by atoms with E-state index in [2.05, 4.69) is 29.8 Å². The molecule has 1 heteroatoms. The van der Waals surface area contributed by atoms with Crippen LogP contribution in [0.1, 0.15) is 136 Å². The van der Waals surface area contributed by atoms with Crippen LogP contribution < -0.4 is 0 Å². The second-order valence-electron chi connectivity index (χ2n) is 7.58. The standard InChI is InChI=1S/C22H45Br/c1-3-4-5-6-7-8-9-10-11-12-13-14-15-16-17-18-19-20-21-22(2)23/h22H,3-21H2,1-2H3. The van der Waals surface area contributed by atoms with Crippen LogP contribution in [0.25, 0.3) is 0 Å². The van der Waals surface area contributed by atoms with E-state index < -0.39 is 0 Å². The third-order valence-electron chi connectivity index (χ3n) is 4.96. The molecule has 0 aromatic carbocycles. The molecule has 0 heterocycles. The maximum Gasteiger partial charge on any atom is 0.0117 e. The first-order valence-corrected chi connectivity index (χ1v) is 11.8. The Balaban J connectivity index is 2.95. The summed E-state index contributed by atoms with van der Waals surface area (Å²) in [6.07, 6.45) is 27.7. The highest BCUT2D eigenvalue weighted by Gasteiger charge is 1.96. The van der Waals surface area contributed by atoms with Gasteiger partial charge in [-0.05, 0) is 6.42 Å². The van der Waals surface area contributed by atoms with Gasteiger partial charge in [0.25, 0.3) is 0 Å². The van der Waals surface area contributed by atoms with Crippen LogP contribution in [0.4, 0.5) is 0 Å². The molecule has 0 aromatic rings. The molecule has 1 unspecified atom stereocenters. The van der Waals surface area contributed by atoms with Crippen molar-refractivity contribution in [3.8, 4) is 0 Å². The van der Waals surface area contributed by atoms with E-state index in [1.54, 1.807) is 0 Å². The second-order valence-corrected chi connectivity index (χ2v) is 9.14. The summed E-state index contributed by atoms with van der Waals surface area (Å²) in [7, 11) is 0. The summed E-state index contributed by atoms with van der Waals surface area (Å²) < 4.78 is 0. The summed E-state index contributed by atoms with van der Waals surface area (Å²) >= 11 is 3.62. The van der Waals surface area contributed by atoms with Gasteiger partial charge in [0, 0.05) is 4.83 Å². The molecule has 0 aliphatic heterocycles. The van der Waals surface area contributed by atoms with Crippen LogP contribution >= 0.6 is 15.9 Å². The largest absolute Gasteiger partial charge is 0.0894 e. The molecule has 1 atom stereocenters. The lowest BCUT2D eigenvalue weighted by atomic mass is 10.0. The summed E-state index contributed by atoms with van der Waals surface area (Å²) in [5.74, 6) is 0. The molecule has 0 saturated carbocycles. The fraction of sp³-hybridized carbons (Fsp3) is 1.00. The number of unbranched alkanes of at least 4 members (excludes halogenated alkanes) is 17. The Labute approximate surface area is 156 Å². The lowest BCUT2D eigenvalue weighted by Crippen LogP contribution is -1.89. The van der Waals surface area contributed by atoms with Gasteiger partial charge in [-0.2, -0.15) is 0 Å². The van der Waals surface area contributed by atoms with Crippen LogP contribution in [0, 0.1) is 0 Å². The Morgan fingerprint density at radius 2 is 0.739 bits per heavy atom. The van der Waals surface area contributed by atoms with Crippen molar-refractivity contribution in [1.82, 2.24) is 0 Å². The molecular weight excluding hydrogens is 344 g/mol. The lowest BCUT2D eigenvalue weighted by Gasteiger charge is -2.04. The molecule has 0 radical (unpaired) electrons. The van der Waals surface area contributed by atoms with E-state index in [0.717, 1.165) is 0 Å². The first-order chi connectivity index (χ1) is 11.3. The van der Waals surface area contributed by atoms with Crippen molar-refractivity contribution in [1.29, 1.82) is 0 Å². The Morgan fingerprint density at radius 3 is 1.00 bits per heavy atom. The van der Waals surface area contributed by atoms with Crippen molar-refractivity contribution in [3.05, 3.63) is 0 Å². The van der Waals surface area contributed by atoms with E-state index in [4.69, 9.17) is 0 Å². The molecule has 140 valence electrons. The lowest BCUT2D eigenvalue weighted by molar-refractivity contribution is 0.523. The average molecular weight is 390 g/mol. The van der Waals surface area contributed by atoms with Gasteiger partial charge >= 0.3 is 0 Å². The van der Waals surface area contributed by atoms with Crippen LogP contribution in [0.3, 0.4) is 0 Å². The third kappa shape index (κ3) is 22.5. The molecule has 0 fully saturated rings. The maximum absolute atomic E-state index is 3.62. The van der Waals surface area contributed by atoms with E-state index in [1.807, 2.05) is 0 Å². The molecule has 23 heavy (non-hydrogen) atoms. The van der Waals surface area contributed by atoms with Gasteiger partial charge in [0.1, 0.15) is 0 Å². The van der Waals surface area contributed by atoms with Gasteiger partial charge in [0.2, 0.25) is 0 Å². The van der Waals surface area contributed by atoms with Crippen molar-refractivity contribution in [2.24, 2.45) is 0 Å².